The molecule has 2 aromatic heterocycles. The van der Waals surface area contributed by atoms with E-state index in [0.29, 0.717) is 0 Å². The van der Waals surface area contributed by atoms with Crippen LogP contribution in [0.5, 0.6) is 0 Å². The Bertz CT molecular complexity index is 730. The second kappa shape index (κ2) is 4.51. The van der Waals surface area contributed by atoms with Crippen LogP contribution in [0.2, 0.25) is 0 Å². The third-order valence-corrected chi connectivity index (χ3v) is 3.99. The highest BCUT2D eigenvalue weighted by Gasteiger charge is 2.15. The van der Waals surface area contributed by atoms with Crippen LogP contribution in [0.15, 0.2) is 42.0 Å². The van der Waals surface area contributed by atoms with Crippen LogP contribution in [0.1, 0.15) is 9.67 Å². The number of hydrogen-bond acceptors (Lipinski definition) is 3. The molecule has 4 nitrogen and oxygen atoms in total. The molecule has 96 valence electrons. The van der Waals surface area contributed by atoms with Crippen molar-refractivity contribution in [3.05, 3.63) is 46.9 Å². The number of aryl methyl sites for hydroxylation is 1. The summed E-state index contributed by atoms with van der Waals surface area (Å²) in [6.07, 6.45) is 1.77. The van der Waals surface area contributed by atoms with E-state index in [4.69, 9.17) is 0 Å². The van der Waals surface area contributed by atoms with Gasteiger partial charge >= 0.3 is 0 Å². The molecule has 0 spiro atoms. The molecule has 0 radical (unpaired) electrons. The highest BCUT2D eigenvalue weighted by Crippen LogP contribution is 2.22. The summed E-state index contributed by atoms with van der Waals surface area (Å²) in [5.74, 6) is 0.00489. The number of carbonyl (C=O) groups excluding carboxylic acids is 1. The average molecular weight is 271 g/mol. The quantitative estimate of drug-likeness (QED) is 0.718. The highest BCUT2D eigenvalue weighted by atomic mass is 32.1. The molecule has 0 unspecified atom stereocenters. The number of fused-ring (bicyclic) bond motifs is 1. The second-order valence-corrected chi connectivity index (χ2v) is 5.32. The highest BCUT2D eigenvalue weighted by molar-refractivity contribution is 7.12. The van der Waals surface area contributed by atoms with Crippen molar-refractivity contribution in [3.63, 3.8) is 0 Å². The minimum Gasteiger partial charge on any atom is -0.334 e. The standard InChI is InChI=1S/C14H13N3OS/c1-16-9-15-11-8-10(5-6-12(11)16)17(2)14(18)13-4-3-7-19-13/h3-9H,1-2H3. The molecule has 19 heavy (non-hydrogen) atoms. The summed E-state index contributed by atoms with van der Waals surface area (Å²) in [6.45, 7) is 0. The lowest BCUT2D eigenvalue weighted by molar-refractivity contribution is 0.0997. The maximum Gasteiger partial charge on any atom is 0.268 e. The molecule has 0 bridgehead atoms. The topological polar surface area (TPSA) is 38.1 Å². The summed E-state index contributed by atoms with van der Waals surface area (Å²) in [5.41, 5.74) is 2.80. The van der Waals surface area contributed by atoms with Crippen LogP contribution in [0, 0.1) is 0 Å². The molecule has 0 aliphatic heterocycles. The van der Waals surface area contributed by atoms with Gasteiger partial charge in [0.1, 0.15) is 0 Å². The number of benzene rings is 1. The van der Waals surface area contributed by atoms with Crippen LogP contribution in [0.3, 0.4) is 0 Å². The van der Waals surface area contributed by atoms with Crippen molar-refractivity contribution >= 4 is 34.0 Å². The number of carbonyl (C=O) groups is 1. The van der Waals surface area contributed by atoms with Gasteiger partial charge in [-0.05, 0) is 29.6 Å². The molecule has 0 aliphatic rings. The zero-order chi connectivity index (χ0) is 13.4. The van der Waals surface area contributed by atoms with Crippen molar-refractivity contribution in [1.29, 1.82) is 0 Å². The second-order valence-electron chi connectivity index (χ2n) is 4.37. The number of rotatable bonds is 2. The van der Waals surface area contributed by atoms with E-state index in [9.17, 15) is 4.79 Å². The predicted molar refractivity (Wildman–Crippen MR) is 77.8 cm³/mol. The fourth-order valence-electron chi connectivity index (χ4n) is 2.02. The largest absolute Gasteiger partial charge is 0.334 e. The zero-order valence-corrected chi connectivity index (χ0v) is 11.5. The molecule has 0 atom stereocenters. The normalized spacial score (nSPS) is 10.8. The molecule has 3 rings (SSSR count). The fourth-order valence-corrected chi connectivity index (χ4v) is 2.71. The lowest BCUT2D eigenvalue weighted by atomic mass is 10.2. The zero-order valence-electron chi connectivity index (χ0n) is 10.7. The van der Waals surface area contributed by atoms with E-state index in [1.807, 2.05) is 47.3 Å². The number of hydrogen-bond donors (Lipinski definition) is 0. The van der Waals surface area contributed by atoms with Crippen LogP contribution in [0.4, 0.5) is 5.69 Å². The van der Waals surface area contributed by atoms with Crippen molar-refractivity contribution in [2.75, 3.05) is 11.9 Å². The van der Waals surface area contributed by atoms with Crippen molar-refractivity contribution in [1.82, 2.24) is 9.55 Å². The Kier molecular flexibility index (Phi) is 2.83. The van der Waals surface area contributed by atoms with E-state index in [1.54, 1.807) is 18.3 Å². The molecule has 5 heteroatoms. The summed E-state index contributed by atoms with van der Waals surface area (Å²) >= 11 is 1.45. The molecular weight excluding hydrogens is 258 g/mol. The Hall–Kier alpha value is -2.14. The lowest BCUT2D eigenvalue weighted by Gasteiger charge is -2.16. The molecule has 0 aliphatic carbocycles. The van der Waals surface area contributed by atoms with Gasteiger partial charge in [0.05, 0.1) is 22.2 Å². The fraction of sp³-hybridized carbons (Fsp3) is 0.143. The molecule has 1 aromatic carbocycles. The number of thiophene rings is 1. The molecule has 3 aromatic rings. The van der Waals surface area contributed by atoms with E-state index in [-0.39, 0.29) is 5.91 Å². The van der Waals surface area contributed by atoms with Gasteiger partial charge in [-0.25, -0.2) is 4.98 Å². The van der Waals surface area contributed by atoms with Gasteiger partial charge in [0, 0.05) is 19.8 Å². The summed E-state index contributed by atoms with van der Waals surface area (Å²) in [5, 5.41) is 1.91. The summed E-state index contributed by atoms with van der Waals surface area (Å²) in [4.78, 5) is 19.0. The van der Waals surface area contributed by atoms with Crippen molar-refractivity contribution in [2.24, 2.45) is 7.05 Å². The Morgan fingerprint density at radius 1 is 1.37 bits per heavy atom. The monoisotopic (exact) mass is 271 g/mol. The van der Waals surface area contributed by atoms with Gasteiger partial charge in [-0.3, -0.25) is 4.79 Å². The van der Waals surface area contributed by atoms with Gasteiger partial charge in [0.25, 0.3) is 5.91 Å². The first-order chi connectivity index (χ1) is 9.16. The van der Waals surface area contributed by atoms with Crippen LogP contribution in [0.25, 0.3) is 11.0 Å². The molecular formula is C14H13N3OS. The molecule has 0 saturated heterocycles. The number of aromatic nitrogens is 2. The molecule has 0 N–H and O–H groups in total. The first-order valence-corrected chi connectivity index (χ1v) is 6.77. The van der Waals surface area contributed by atoms with E-state index >= 15 is 0 Å². The van der Waals surface area contributed by atoms with E-state index in [0.717, 1.165) is 21.6 Å². The third kappa shape index (κ3) is 2.02. The van der Waals surface area contributed by atoms with Crippen molar-refractivity contribution in [3.8, 4) is 0 Å². The van der Waals surface area contributed by atoms with E-state index < -0.39 is 0 Å². The van der Waals surface area contributed by atoms with Crippen molar-refractivity contribution in [2.45, 2.75) is 0 Å². The summed E-state index contributed by atoms with van der Waals surface area (Å²) < 4.78 is 1.96. The Balaban J connectivity index is 1.97. The van der Waals surface area contributed by atoms with Gasteiger partial charge in [-0.1, -0.05) is 6.07 Å². The van der Waals surface area contributed by atoms with E-state index in [2.05, 4.69) is 4.98 Å². The number of imidazole rings is 1. The Labute approximate surface area is 114 Å². The number of amides is 1. The van der Waals surface area contributed by atoms with Crippen molar-refractivity contribution < 1.29 is 4.79 Å². The summed E-state index contributed by atoms with van der Waals surface area (Å²) in [7, 11) is 3.74. The number of anilines is 1. The van der Waals surface area contributed by atoms with Crippen LogP contribution in [-0.4, -0.2) is 22.5 Å². The van der Waals surface area contributed by atoms with Gasteiger partial charge in [-0.15, -0.1) is 11.3 Å². The minimum absolute atomic E-state index is 0.00489. The average Bonchev–Trinajstić information content (AvgIpc) is 3.07. The molecule has 0 saturated carbocycles. The lowest BCUT2D eigenvalue weighted by Crippen LogP contribution is -2.25. The molecule has 1 amide bonds. The van der Waals surface area contributed by atoms with Gasteiger partial charge in [-0.2, -0.15) is 0 Å². The van der Waals surface area contributed by atoms with E-state index in [1.165, 1.54) is 11.3 Å². The number of nitrogens with zero attached hydrogens (tertiary/aromatic N) is 3. The van der Waals surface area contributed by atoms with Gasteiger partial charge in [0.2, 0.25) is 0 Å². The van der Waals surface area contributed by atoms with Crippen LogP contribution < -0.4 is 4.90 Å². The predicted octanol–water partition coefficient (Wildman–Crippen LogP) is 2.91. The maximum absolute atomic E-state index is 12.3. The van der Waals surface area contributed by atoms with Crippen LogP contribution >= 0.6 is 11.3 Å². The minimum atomic E-state index is 0.00489. The molecule has 2 heterocycles. The smallest absolute Gasteiger partial charge is 0.268 e. The van der Waals surface area contributed by atoms with Gasteiger partial charge in [0.15, 0.2) is 0 Å². The Morgan fingerprint density at radius 2 is 2.21 bits per heavy atom. The first kappa shape index (κ1) is 11.9. The molecule has 0 fully saturated rings. The first-order valence-electron chi connectivity index (χ1n) is 5.89. The van der Waals surface area contributed by atoms with Crippen LogP contribution in [-0.2, 0) is 7.05 Å². The third-order valence-electron chi connectivity index (χ3n) is 3.13. The Morgan fingerprint density at radius 3 is 2.95 bits per heavy atom. The van der Waals surface area contributed by atoms with Gasteiger partial charge < -0.3 is 9.47 Å². The SMILES string of the molecule is CN(C(=O)c1cccs1)c1ccc2c(c1)ncn2C. The summed E-state index contributed by atoms with van der Waals surface area (Å²) in [6, 6.07) is 9.57. The maximum atomic E-state index is 12.3.